The highest BCUT2D eigenvalue weighted by molar-refractivity contribution is 6.48. The van der Waals surface area contributed by atoms with E-state index in [1.807, 2.05) is 6.92 Å². The molecule has 102 valence electrons. The van der Waals surface area contributed by atoms with E-state index < -0.39 is 17.4 Å². The predicted molar refractivity (Wildman–Crippen MR) is 68.4 cm³/mol. The van der Waals surface area contributed by atoms with Gasteiger partial charge in [-0.1, -0.05) is 20.2 Å². The number of rotatable bonds is 5. The maximum atomic E-state index is 11.3. The third kappa shape index (κ3) is 2.17. The van der Waals surface area contributed by atoms with Crippen LogP contribution >= 0.6 is 0 Å². The quantitative estimate of drug-likeness (QED) is 0.527. The fourth-order valence-electron chi connectivity index (χ4n) is 3.74. The lowest BCUT2D eigenvalue weighted by Gasteiger charge is -2.44. The van der Waals surface area contributed by atoms with Gasteiger partial charge in [0.2, 0.25) is 0 Å². The van der Waals surface area contributed by atoms with Gasteiger partial charge in [0, 0.05) is 17.4 Å². The molecule has 0 bridgehead atoms. The molecule has 5 atom stereocenters. The van der Waals surface area contributed by atoms with Crippen LogP contribution < -0.4 is 5.32 Å². The van der Waals surface area contributed by atoms with Crippen molar-refractivity contribution < 1.29 is 20.0 Å². The molecule has 2 aliphatic rings. The standard InChI is InChI=1S/C12H22BNO4/c1-12(4-3-5-13(2)18)9-7(6-8(9)15)14-10(12)11(16)17/h7-10,14-15,18H,3-6H2,1-2H3,(H,16,17)/t7-,8-,9-,10-,12-/m1/s1. The van der Waals surface area contributed by atoms with Gasteiger partial charge in [-0.3, -0.25) is 4.79 Å². The fourth-order valence-corrected chi connectivity index (χ4v) is 3.74. The number of hydrogen-bond acceptors (Lipinski definition) is 4. The topological polar surface area (TPSA) is 89.8 Å². The second-order valence-corrected chi connectivity index (χ2v) is 6.12. The predicted octanol–water partition coefficient (Wildman–Crippen LogP) is 0.192. The number of aliphatic hydroxyl groups is 1. The van der Waals surface area contributed by atoms with Crippen molar-refractivity contribution in [3.8, 4) is 0 Å². The van der Waals surface area contributed by atoms with Crippen LogP contribution in [0.1, 0.15) is 26.2 Å². The zero-order valence-corrected chi connectivity index (χ0v) is 11.0. The van der Waals surface area contributed by atoms with Crippen LogP contribution in [0, 0.1) is 11.3 Å². The molecule has 1 heterocycles. The normalized spacial score (nSPS) is 42.2. The van der Waals surface area contributed by atoms with Crippen molar-refractivity contribution in [1.29, 1.82) is 0 Å². The summed E-state index contributed by atoms with van der Waals surface area (Å²) in [7, 11) is 0. The Balaban J connectivity index is 2.06. The summed E-state index contributed by atoms with van der Waals surface area (Å²) in [5.41, 5.74) is -0.414. The molecular formula is C12H22BNO4. The number of hydrogen-bond donors (Lipinski definition) is 4. The summed E-state index contributed by atoms with van der Waals surface area (Å²) in [5, 5.41) is 31.6. The molecule has 0 aromatic carbocycles. The van der Waals surface area contributed by atoms with Gasteiger partial charge in [0.15, 0.2) is 0 Å². The second-order valence-electron chi connectivity index (χ2n) is 6.12. The Morgan fingerprint density at radius 3 is 2.72 bits per heavy atom. The van der Waals surface area contributed by atoms with E-state index >= 15 is 0 Å². The molecule has 5 nitrogen and oxygen atoms in total. The molecule has 0 spiro atoms. The van der Waals surface area contributed by atoms with Crippen molar-refractivity contribution in [2.45, 2.75) is 57.5 Å². The molecule has 18 heavy (non-hydrogen) atoms. The number of aliphatic carboxylic acids is 1. The molecule has 0 unspecified atom stereocenters. The van der Waals surface area contributed by atoms with Gasteiger partial charge >= 0.3 is 5.97 Å². The highest BCUT2D eigenvalue weighted by atomic mass is 16.4. The maximum Gasteiger partial charge on any atom is 0.321 e. The second kappa shape index (κ2) is 4.83. The minimum absolute atomic E-state index is 0.0348. The molecule has 0 aromatic heterocycles. The van der Waals surface area contributed by atoms with Gasteiger partial charge in [-0.2, -0.15) is 0 Å². The van der Waals surface area contributed by atoms with Crippen molar-refractivity contribution >= 4 is 12.9 Å². The molecule has 0 aromatic rings. The smallest absolute Gasteiger partial charge is 0.321 e. The minimum Gasteiger partial charge on any atom is -0.480 e. The molecule has 1 aliphatic carbocycles. The lowest BCUT2D eigenvalue weighted by molar-refractivity contribution is -0.142. The molecule has 6 heteroatoms. The Labute approximate surface area is 108 Å². The number of carbonyl (C=O) groups is 1. The average Bonchev–Trinajstić information content (AvgIpc) is 2.44. The number of carboxylic acids is 1. The van der Waals surface area contributed by atoms with Gasteiger partial charge in [-0.25, -0.2) is 0 Å². The van der Waals surface area contributed by atoms with Gasteiger partial charge < -0.3 is 20.6 Å². The molecule has 1 aliphatic heterocycles. The first-order valence-electron chi connectivity index (χ1n) is 6.71. The van der Waals surface area contributed by atoms with Gasteiger partial charge in [0.05, 0.1) is 6.10 Å². The molecular weight excluding hydrogens is 233 g/mol. The summed E-state index contributed by atoms with van der Waals surface area (Å²) >= 11 is 0. The SMILES string of the molecule is CB(O)CCC[C@]1(C)[C@H]2[C@H](O)C[C@H]2N[C@@H]1C(=O)O. The van der Waals surface area contributed by atoms with E-state index in [1.165, 1.54) is 0 Å². The maximum absolute atomic E-state index is 11.3. The van der Waals surface area contributed by atoms with E-state index in [9.17, 15) is 20.0 Å². The third-order valence-corrected chi connectivity index (χ3v) is 4.73. The van der Waals surface area contributed by atoms with Crippen LogP contribution in [-0.2, 0) is 4.79 Å². The summed E-state index contributed by atoms with van der Waals surface area (Å²) in [5.74, 6) is -0.802. The van der Waals surface area contributed by atoms with Crippen LogP contribution in [0.5, 0.6) is 0 Å². The van der Waals surface area contributed by atoms with Gasteiger partial charge in [-0.15, -0.1) is 0 Å². The number of nitrogens with one attached hydrogen (secondary N) is 1. The van der Waals surface area contributed by atoms with Crippen LogP contribution in [0.4, 0.5) is 0 Å². The Kier molecular flexibility index (Phi) is 3.71. The molecule has 2 fully saturated rings. The Morgan fingerprint density at radius 1 is 1.56 bits per heavy atom. The Morgan fingerprint density at radius 2 is 2.22 bits per heavy atom. The summed E-state index contributed by atoms with van der Waals surface area (Å²) in [6.45, 7) is 3.34. The van der Waals surface area contributed by atoms with E-state index in [0.29, 0.717) is 12.7 Å². The van der Waals surface area contributed by atoms with Crippen molar-refractivity contribution in [3.05, 3.63) is 0 Å². The monoisotopic (exact) mass is 255 g/mol. The summed E-state index contributed by atoms with van der Waals surface area (Å²) in [6.07, 6.45) is 2.45. The van der Waals surface area contributed by atoms with E-state index in [1.54, 1.807) is 6.82 Å². The van der Waals surface area contributed by atoms with E-state index in [4.69, 9.17) is 0 Å². The minimum atomic E-state index is -0.837. The first-order valence-corrected chi connectivity index (χ1v) is 6.71. The highest BCUT2D eigenvalue weighted by Gasteiger charge is 2.61. The fraction of sp³-hybridized carbons (Fsp3) is 0.917. The van der Waals surface area contributed by atoms with Gasteiger partial charge in [-0.05, 0) is 19.2 Å². The molecule has 1 saturated carbocycles. The van der Waals surface area contributed by atoms with E-state index in [-0.39, 0.29) is 25.0 Å². The van der Waals surface area contributed by atoms with E-state index in [2.05, 4.69) is 5.32 Å². The van der Waals surface area contributed by atoms with Gasteiger partial charge in [0.1, 0.15) is 6.04 Å². The van der Waals surface area contributed by atoms with Crippen LogP contribution in [0.2, 0.25) is 13.1 Å². The van der Waals surface area contributed by atoms with Crippen LogP contribution in [0.25, 0.3) is 0 Å². The summed E-state index contributed by atoms with van der Waals surface area (Å²) < 4.78 is 0. The number of aliphatic hydroxyl groups excluding tert-OH is 1. The average molecular weight is 255 g/mol. The van der Waals surface area contributed by atoms with Crippen molar-refractivity contribution in [1.82, 2.24) is 5.32 Å². The van der Waals surface area contributed by atoms with E-state index in [0.717, 1.165) is 12.8 Å². The van der Waals surface area contributed by atoms with Crippen molar-refractivity contribution in [2.24, 2.45) is 11.3 Å². The lowest BCUT2D eigenvalue weighted by atomic mass is 9.59. The van der Waals surface area contributed by atoms with Gasteiger partial charge in [0.25, 0.3) is 6.92 Å². The first kappa shape index (κ1) is 13.8. The number of carboxylic acid groups (broad SMARTS) is 1. The summed E-state index contributed by atoms with van der Waals surface area (Å²) in [6, 6.07) is -0.448. The first-order chi connectivity index (χ1) is 8.36. The molecule has 4 N–H and O–H groups in total. The Hall–Kier alpha value is -0.585. The van der Waals surface area contributed by atoms with Crippen LogP contribution in [0.15, 0.2) is 0 Å². The van der Waals surface area contributed by atoms with Crippen molar-refractivity contribution in [3.63, 3.8) is 0 Å². The lowest BCUT2D eigenvalue weighted by Crippen LogP contribution is -2.51. The summed E-state index contributed by atoms with van der Waals surface area (Å²) in [4.78, 5) is 11.3. The zero-order chi connectivity index (χ0) is 13.5. The zero-order valence-electron chi connectivity index (χ0n) is 11.0. The molecule has 0 amide bonds. The van der Waals surface area contributed by atoms with Crippen molar-refractivity contribution in [2.75, 3.05) is 0 Å². The largest absolute Gasteiger partial charge is 0.480 e. The Bertz CT molecular complexity index is 338. The third-order valence-electron chi connectivity index (χ3n) is 4.73. The van der Waals surface area contributed by atoms with Crippen LogP contribution in [-0.4, -0.2) is 46.3 Å². The van der Waals surface area contributed by atoms with Crippen LogP contribution in [0.3, 0.4) is 0 Å². The number of fused-ring (bicyclic) bond motifs is 1. The molecule has 1 saturated heterocycles. The molecule has 0 radical (unpaired) electrons. The highest BCUT2D eigenvalue weighted by Crippen LogP contribution is 2.52. The molecule has 2 rings (SSSR count).